The van der Waals surface area contributed by atoms with Gasteiger partial charge in [-0.25, -0.2) is 18.3 Å². The summed E-state index contributed by atoms with van der Waals surface area (Å²) >= 11 is 0. The molecule has 2 aliphatic heterocycles. The van der Waals surface area contributed by atoms with Gasteiger partial charge in [-0.1, -0.05) is 0 Å². The minimum atomic E-state index is -3.55. The number of ether oxygens (including phenoxy) is 1. The van der Waals surface area contributed by atoms with Crippen LogP contribution in [-0.4, -0.2) is 78.0 Å². The maximum Gasteiger partial charge on any atom is 0.232 e. The van der Waals surface area contributed by atoms with Crippen LogP contribution in [0.3, 0.4) is 0 Å². The van der Waals surface area contributed by atoms with Crippen molar-refractivity contribution >= 4 is 32.5 Å². The lowest BCUT2D eigenvalue weighted by atomic mass is 10.00. The van der Waals surface area contributed by atoms with Gasteiger partial charge in [0.05, 0.1) is 43.9 Å². The van der Waals surface area contributed by atoms with Crippen LogP contribution in [0, 0.1) is 5.82 Å². The lowest BCUT2D eigenvalue weighted by Crippen LogP contribution is -2.39. The zero-order valence-electron chi connectivity index (χ0n) is 22.0. The van der Waals surface area contributed by atoms with Gasteiger partial charge in [-0.15, -0.1) is 0 Å². The fourth-order valence-corrected chi connectivity index (χ4v) is 6.31. The fourth-order valence-electron chi connectivity index (χ4n) is 5.34. The van der Waals surface area contributed by atoms with Gasteiger partial charge in [0.15, 0.2) is 5.84 Å². The molecule has 1 N–H and O–H groups in total. The Bertz CT molecular complexity index is 1480. The fraction of sp³-hybridized carbons (Fsp3) is 0.464. The molecule has 0 bridgehead atoms. The number of hydrogen-bond acceptors (Lipinski definition) is 8. The van der Waals surface area contributed by atoms with Crippen LogP contribution in [-0.2, 0) is 19.6 Å². The van der Waals surface area contributed by atoms with Crippen LogP contribution in [0.5, 0.6) is 0 Å². The minimum Gasteiger partial charge on any atom is -0.455 e. The van der Waals surface area contributed by atoms with Crippen LogP contribution in [0.1, 0.15) is 36.3 Å². The van der Waals surface area contributed by atoms with Crippen LogP contribution in [0.25, 0.3) is 22.3 Å². The summed E-state index contributed by atoms with van der Waals surface area (Å²) in [6.45, 7) is 5.28. The van der Waals surface area contributed by atoms with E-state index in [9.17, 15) is 12.8 Å². The molecule has 6 rings (SSSR count). The monoisotopic (exact) mass is 556 g/mol. The van der Waals surface area contributed by atoms with Crippen LogP contribution in [0.2, 0.25) is 0 Å². The molecule has 0 unspecified atom stereocenters. The van der Waals surface area contributed by atoms with Crippen molar-refractivity contribution in [1.29, 1.82) is 0 Å². The van der Waals surface area contributed by atoms with E-state index < -0.39 is 10.0 Å². The number of anilines is 1. The number of aliphatic imine (C=N–C) groups is 1. The SMILES string of the molecule is CS(=O)(=O)N(CCCN1CCOCC1)c1cc2oc(-c3ccc(F)cc3)c(C3=NCCON3)c2cc1C1CC1. The summed E-state index contributed by atoms with van der Waals surface area (Å²) < 4.78 is 53.3. The summed E-state index contributed by atoms with van der Waals surface area (Å²) in [7, 11) is -3.55. The van der Waals surface area contributed by atoms with Gasteiger partial charge in [0.2, 0.25) is 10.0 Å². The van der Waals surface area contributed by atoms with Crippen LogP contribution >= 0.6 is 0 Å². The van der Waals surface area contributed by atoms with Crippen molar-refractivity contribution in [3.05, 3.63) is 53.3 Å². The van der Waals surface area contributed by atoms with Crippen LogP contribution in [0.15, 0.2) is 45.8 Å². The molecule has 3 aliphatic rings. The molecular formula is C28H33FN4O5S. The molecule has 0 amide bonds. The van der Waals surface area contributed by atoms with Gasteiger partial charge in [0.1, 0.15) is 17.2 Å². The average Bonchev–Trinajstić information content (AvgIpc) is 3.72. The summed E-state index contributed by atoms with van der Waals surface area (Å²) in [6, 6.07) is 10.0. The number of morpholine rings is 1. The number of hydrogen-bond donors (Lipinski definition) is 1. The largest absolute Gasteiger partial charge is 0.455 e. The topological polar surface area (TPSA) is 96.6 Å². The molecule has 2 fully saturated rings. The average molecular weight is 557 g/mol. The van der Waals surface area contributed by atoms with Crippen molar-refractivity contribution in [1.82, 2.24) is 10.4 Å². The highest BCUT2D eigenvalue weighted by Crippen LogP contribution is 2.48. The third kappa shape index (κ3) is 5.67. The van der Waals surface area contributed by atoms with E-state index in [-0.39, 0.29) is 11.7 Å². The number of fused-ring (bicyclic) bond motifs is 1. The molecule has 1 saturated heterocycles. The predicted molar refractivity (Wildman–Crippen MR) is 148 cm³/mol. The smallest absolute Gasteiger partial charge is 0.232 e. The van der Waals surface area contributed by atoms with Gasteiger partial charge >= 0.3 is 0 Å². The third-order valence-corrected chi connectivity index (χ3v) is 8.62. The van der Waals surface area contributed by atoms with Crippen LogP contribution in [0.4, 0.5) is 10.1 Å². The Balaban J connectivity index is 1.44. The standard InChI is InChI=1S/C28H33FN4O5S/c1-39(34,35)33(11-2-10-32-12-15-36-16-13-32)24-18-25-23(17-22(24)19-3-4-19)26(28-30-9-14-37-31-28)27(38-25)20-5-7-21(29)8-6-20/h5-8,17-19H,2-4,9-16H2,1H3,(H,30,31). The van der Waals surface area contributed by atoms with Crippen LogP contribution < -0.4 is 9.79 Å². The Hall–Kier alpha value is -2.99. The highest BCUT2D eigenvalue weighted by Gasteiger charge is 2.33. The molecule has 1 saturated carbocycles. The maximum atomic E-state index is 13.7. The second-order valence-corrected chi connectivity index (χ2v) is 12.2. The summed E-state index contributed by atoms with van der Waals surface area (Å²) in [6.07, 6.45) is 3.98. The second kappa shape index (κ2) is 10.9. The molecule has 3 heterocycles. The van der Waals surface area contributed by atoms with E-state index in [0.717, 1.165) is 49.0 Å². The zero-order valence-corrected chi connectivity index (χ0v) is 22.8. The number of nitrogens with zero attached hydrogens (tertiary/aromatic N) is 3. The van der Waals surface area contributed by atoms with Gasteiger partial charge in [-0.3, -0.25) is 19.0 Å². The molecule has 11 heteroatoms. The maximum absolute atomic E-state index is 13.7. The van der Waals surface area contributed by atoms with E-state index in [1.165, 1.54) is 22.7 Å². The van der Waals surface area contributed by atoms with Gasteiger partial charge in [0, 0.05) is 43.2 Å². The van der Waals surface area contributed by atoms with Gasteiger partial charge in [-0.2, -0.15) is 0 Å². The Morgan fingerprint density at radius 3 is 2.56 bits per heavy atom. The lowest BCUT2D eigenvalue weighted by Gasteiger charge is -2.29. The normalized spacial score (nSPS) is 18.7. The Kier molecular flexibility index (Phi) is 7.32. The molecule has 3 aromatic rings. The van der Waals surface area contributed by atoms with E-state index >= 15 is 0 Å². The van der Waals surface area contributed by atoms with Gasteiger partial charge < -0.3 is 9.15 Å². The van der Waals surface area contributed by atoms with Crippen molar-refractivity contribution in [3.8, 4) is 11.3 Å². The summed E-state index contributed by atoms with van der Waals surface area (Å²) in [5.74, 6) is 1.01. The quantitative estimate of drug-likeness (QED) is 0.427. The number of amidine groups is 1. The van der Waals surface area contributed by atoms with E-state index in [2.05, 4.69) is 15.4 Å². The summed E-state index contributed by atoms with van der Waals surface area (Å²) in [5.41, 5.74) is 6.53. The molecule has 1 aromatic heterocycles. The summed E-state index contributed by atoms with van der Waals surface area (Å²) in [4.78, 5) is 12.4. The van der Waals surface area contributed by atoms with Crippen molar-refractivity contribution < 1.29 is 26.8 Å². The molecule has 0 radical (unpaired) electrons. The first-order chi connectivity index (χ1) is 18.9. The molecule has 2 aromatic carbocycles. The highest BCUT2D eigenvalue weighted by atomic mass is 32.2. The number of nitrogens with one attached hydrogen (secondary N) is 1. The Labute approximate surface area is 227 Å². The van der Waals surface area contributed by atoms with Gasteiger partial charge in [-0.05, 0) is 61.1 Å². The van der Waals surface area contributed by atoms with Crippen molar-refractivity contribution in [2.75, 3.05) is 63.1 Å². The lowest BCUT2D eigenvalue weighted by molar-refractivity contribution is 0.0377. The van der Waals surface area contributed by atoms with Crippen molar-refractivity contribution in [2.45, 2.75) is 25.2 Å². The number of rotatable bonds is 9. The van der Waals surface area contributed by atoms with Crippen molar-refractivity contribution in [2.24, 2.45) is 4.99 Å². The van der Waals surface area contributed by atoms with Gasteiger partial charge in [0.25, 0.3) is 0 Å². The first kappa shape index (κ1) is 26.2. The number of furan rings is 1. The predicted octanol–water partition coefficient (Wildman–Crippen LogP) is 3.89. The van der Waals surface area contributed by atoms with E-state index in [0.29, 0.717) is 67.8 Å². The van der Waals surface area contributed by atoms with Crippen molar-refractivity contribution in [3.63, 3.8) is 0 Å². The molecular weight excluding hydrogens is 523 g/mol. The number of hydroxylamine groups is 1. The van der Waals surface area contributed by atoms with E-state index in [1.807, 2.05) is 12.1 Å². The second-order valence-electron chi connectivity index (χ2n) is 10.3. The first-order valence-corrected chi connectivity index (χ1v) is 15.3. The Morgan fingerprint density at radius 2 is 1.90 bits per heavy atom. The highest BCUT2D eigenvalue weighted by molar-refractivity contribution is 7.92. The first-order valence-electron chi connectivity index (χ1n) is 13.5. The molecule has 208 valence electrons. The molecule has 9 nitrogen and oxygen atoms in total. The zero-order chi connectivity index (χ0) is 27.0. The Morgan fingerprint density at radius 1 is 1.13 bits per heavy atom. The molecule has 39 heavy (non-hydrogen) atoms. The molecule has 0 atom stereocenters. The number of benzene rings is 2. The molecule has 0 spiro atoms. The number of halogens is 1. The number of sulfonamides is 1. The molecule has 1 aliphatic carbocycles. The minimum absolute atomic E-state index is 0.280. The van der Waals surface area contributed by atoms with E-state index in [4.69, 9.17) is 14.0 Å². The third-order valence-electron chi connectivity index (χ3n) is 7.44. The van der Waals surface area contributed by atoms with E-state index in [1.54, 1.807) is 12.1 Å². The summed E-state index contributed by atoms with van der Waals surface area (Å²) in [5, 5.41) is 0.818.